The average Bonchev–Trinajstić information content (AvgIpc) is 2.42. The van der Waals surface area contributed by atoms with E-state index in [-0.39, 0.29) is 6.61 Å². The van der Waals surface area contributed by atoms with Crippen LogP contribution in [-0.2, 0) is 4.74 Å². The van der Waals surface area contributed by atoms with Crippen LogP contribution < -0.4 is 11.1 Å². The summed E-state index contributed by atoms with van der Waals surface area (Å²) in [7, 11) is 0. The molecule has 5 heteroatoms. The first-order chi connectivity index (χ1) is 8.69. The molecule has 1 saturated heterocycles. The highest BCUT2D eigenvalue weighted by Gasteiger charge is 2.32. The van der Waals surface area contributed by atoms with Gasteiger partial charge in [0, 0.05) is 13.2 Å². The molecule has 5 nitrogen and oxygen atoms in total. The lowest BCUT2D eigenvalue weighted by molar-refractivity contribution is 0.0380. The van der Waals surface area contributed by atoms with Crippen LogP contribution in [0.15, 0.2) is 18.2 Å². The Bertz CT molecular complexity index is 462. The molecule has 0 amide bonds. The quantitative estimate of drug-likeness (QED) is 0.695. The summed E-state index contributed by atoms with van der Waals surface area (Å²) in [6, 6.07) is 7.17. The lowest BCUT2D eigenvalue weighted by atomic mass is 9.90. The van der Waals surface area contributed by atoms with Crippen molar-refractivity contribution in [3.05, 3.63) is 23.8 Å². The predicted octanol–water partition coefficient (Wildman–Crippen LogP) is 1.09. The predicted molar refractivity (Wildman–Crippen MR) is 69.1 cm³/mol. The maximum absolute atomic E-state index is 9.60. The fourth-order valence-corrected chi connectivity index (χ4v) is 2.10. The van der Waals surface area contributed by atoms with Crippen LogP contribution in [-0.4, -0.2) is 30.5 Å². The molecule has 4 N–H and O–H groups in total. The monoisotopic (exact) mass is 247 g/mol. The second kappa shape index (κ2) is 5.25. The van der Waals surface area contributed by atoms with Crippen LogP contribution in [0.2, 0.25) is 0 Å². The molecule has 1 aromatic rings. The van der Waals surface area contributed by atoms with Crippen molar-refractivity contribution in [2.24, 2.45) is 0 Å². The SMILES string of the molecule is N#Cc1ccc(N)c(NC2(CO)CCOCC2)c1. The van der Waals surface area contributed by atoms with E-state index in [1.165, 1.54) is 0 Å². The number of nitrogens with one attached hydrogen (secondary N) is 1. The minimum atomic E-state index is -0.402. The number of nitriles is 1. The highest BCUT2D eigenvalue weighted by atomic mass is 16.5. The Morgan fingerprint density at radius 1 is 1.44 bits per heavy atom. The molecule has 0 radical (unpaired) electrons. The number of hydrogen-bond acceptors (Lipinski definition) is 5. The first kappa shape index (κ1) is 12.7. The van der Waals surface area contributed by atoms with Gasteiger partial charge in [-0.15, -0.1) is 0 Å². The van der Waals surface area contributed by atoms with Gasteiger partial charge < -0.3 is 20.9 Å². The standard InChI is InChI=1S/C13H17N3O2/c14-8-10-1-2-11(15)12(7-10)16-13(9-17)3-5-18-6-4-13/h1-2,7,16-17H,3-6,9,15H2. The van der Waals surface area contributed by atoms with E-state index in [9.17, 15) is 5.11 Å². The third-order valence-electron chi connectivity index (χ3n) is 3.33. The number of nitrogen functional groups attached to an aromatic ring is 1. The minimum Gasteiger partial charge on any atom is -0.397 e. The molecule has 1 aliphatic rings. The molecule has 1 aliphatic heterocycles. The van der Waals surface area contributed by atoms with Crippen LogP contribution in [0.4, 0.5) is 11.4 Å². The molecule has 0 saturated carbocycles. The number of aliphatic hydroxyl groups excluding tert-OH is 1. The van der Waals surface area contributed by atoms with E-state index in [4.69, 9.17) is 15.7 Å². The molecule has 1 fully saturated rings. The lowest BCUT2D eigenvalue weighted by Gasteiger charge is -2.37. The van der Waals surface area contributed by atoms with Crippen LogP contribution in [0.3, 0.4) is 0 Å². The average molecular weight is 247 g/mol. The van der Waals surface area contributed by atoms with E-state index in [0.717, 1.165) is 12.8 Å². The van der Waals surface area contributed by atoms with Gasteiger partial charge in [0.05, 0.1) is 35.2 Å². The van der Waals surface area contributed by atoms with Crippen molar-refractivity contribution < 1.29 is 9.84 Å². The van der Waals surface area contributed by atoms with Crippen LogP contribution in [0.5, 0.6) is 0 Å². The molecule has 0 aliphatic carbocycles. The topological polar surface area (TPSA) is 91.3 Å². The summed E-state index contributed by atoms with van der Waals surface area (Å²) in [4.78, 5) is 0. The highest BCUT2D eigenvalue weighted by molar-refractivity contribution is 5.69. The van der Waals surface area contributed by atoms with E-state index in [1.807, 2.05) is 0 Å². The number of rotatable bonds is 3. The summed E-state index contributed by atoms with van der Waals surface area (Å²) >= 11 is 0. The van der Waals surface area contributed by atoms with Gasteiger partial charge in [0.25, 0.3) is 0 Å². The maximum atomic E-state index is 9.60. The smallest absolute Gasteiger partial charge is 0.0992 e. The molecule has 18 heavy (non-hydrogen) atoms. The third-order valence-corrected chi connectivity index (χ3v) is 3.33. The van der Waals surface area contributed by atoms with E-state index in [2.05, 4.69) is 11.4 Å². The van der Waals surface area contributed by atoms with Crippen molar-refractivity contribution in [2.45, 2.75) is 18.4 Å². The van der Waals surface area contributed by atoms with Gasteiger partial charge >= 0.3 is 0 Å². The fourth-order valence-electron chi connectivity index (χ4n) is 2.10. The Balaban J connectivity index is 2.24. The van der Waals surface area contributed by atoms with Gasteiger partial charge in [-0.25, -0.2) is 0 Å². The van der Waals surface area contributed by atoms with Crippen LogP contribution in [0.1, 0.15) is 18.4 Å². The first-order valence-corrected chi connectivity index (χ1v) is 5.95. The van der Waals surface area contributed by atoms with Gasteiger partial charge in [0.1, 0.15) is 0 Å². The molecule has 0 spiro atoms. The van der Waals surface area contributed by atoms with Crippen LogP contribution >= 0.6 is 0 Å². The maximum Gasteiger partial charge on any atom is 0.0992 e. The molecular weight excluding hydrogens is 230 g/mol. The minimum absolute atomic E-state index is 0.0204. The second-order valence-electron chi connectivity index (χ2n) is 4.59. The Labute approximate surface area is 106 Å². The van der Waals surface area contributed by atoms with Gasteiger partial charge in [-0.05, 0) is 31.0 Å². The highest BCUT2D eigenvalue weighted by Crippen LogP contribution is 2.29. The van der Waals surface area contributed by atoms with E-state index in [0.29, 0.717) is 30.2 Å². The van der Waals surface area contributed by atoms with Gasteiger partial charge in [-0.2, -0.15) is 5.26 Å². The molecule has 0 aromatic heterocycles. The van der Waals surface area contributed by atoms with E-state index in [1.54, 1.807) is 18.2 Å². The zero-order valence-corrected chi connectivity index (χ0v) is 10.1. The Morgan fingerprint density at radius 3 is 2.78 bits per heavy atom. The van der Waals surface area contributed by atoms with Crippen molar-refractivity contribution in [1.82, 2.24) is 0 Å². The molecule has 0 atom stereocenters. The van der Waals surface area contributed by atoms with Crippen LogP contribution in [0, 0.1) is 11.3 Å². The number of benzene rings is 1. The zero-order chi connectivity index (χ0) is 13.0. The molecule has 1 heterocycles. The number of aliphatic hydroxyl groups is 1. The summed E-state index contributed by atoms with van der Waals surface area (Å²) in [6.07, 6.45) is 1.44. The summed E-state index contributed by atoms with van der Waals surface area (Å²) in [5, 5.41) is 21.8. The largest absolute Gasteiger partial charge is 0.397 e. The third kappa shape index (κ3) is 2.55. The lowest BCUT2D eigenvalue weighted by Crippen LogP contribution is -2.47. The fraction of sp³-hybridized carbons (Fsp3) is 0.462. The second-order valence-corrected chi connectivity index (χ2v) is 4.59. The Morgan fingerprint density at radius 2 is 2.17 bits per heavy atom. The number of hydrogen-bond donors (Lipinski definition) is 3. The molecule has 1 aromatic carbocycles. The van der Waals surface area contributed by atoms with Crippen molar-refractivity contribution in [2.75, 3.05) is 30.9 Å². The molecule has 0 unspecified atom stereocenters. The number of nitrogens with two attached hydrogens (primary N) is 1. The van der Waals surface area contributed by atoms with Gasteiger partial charge in [0.2, 0.25) is 0 Å². The van der Waals surface area contributed by atoms with Gasteiger partial charge in [0.15, 0.2) is 0 Å². The van der Waals surface area contributed by atoms with E-state index >= 15 is 0 Å². The van der Waals surface area contributed by atoms with Crippen molar-refractivity contribution in [3.63, 3.8) is 0 Å². The van der Waals surface area contributed by atoms with E-state index < -0.39 is 5.54 Å². The molecule has 0 bridgehead atoms. The van der Waals surface area contributed by atoms with Crippen molar-refractivity contribution >= 4 is 11.4 Å². The number of anilines is 2. The van der Waals surface area contributed by atoms with Gasteiger partial charge in [-0.1, -0.05) is 0 Å². The summed E-state index contributed by atoms with van der Waals surface area (Å²) in [6.45, 7) is 1.25. The molecule has 2 rings (SSSR count). The summed E-state index contributed by atoms with van der Waals surface area (Å²) in [5.74, 6) is 0. The summed E-state index contributed by atoms with van der Waals surface area (Å²) < 4.78 is 5.30. The van der Waals surface area contributed by atoms with Crippen LogP contribution in [0.25, 0.3) is 0 Å². The Kier molecular flexibility index (Phi) is 3.70. The summed E-state index contributed by atoms with van der Waals surface area (Å²) in [5.41, 5.74) is 7.31. The molecule has 96 valence electrons. The van der Waals surface area contributed by atoms with Gasteiger partial charge in [-0.3, -0.25) is 0 Å². The first-order valence-electron chi connectivity index (χ1n) is 5.95. The Hall–Kier alpha value is -1.77. The zero-order valence-electron chi connectivity index (χ0n) is 10.1. The normalized spacial score (nSPS) is 18.0. The molecular formula is C13H17N3O2. The number of nitrogens with zero attached hydrogens (tertiary/aromatic N) is 1. The van der Waals surface area contributed by atoms with Crippen molar-refractivity contribution in [3.8, 4) is 6.07 Å². The van der Waals surface area contributed by atoms with Crippen molar-refractivity contribution in [1.29, 1.82) is 5.26 Å². The number of ether oxygens (including phenoxy) is 1.